The lowest BCUT2D eigenvalue weighted by atomic mass is 10.1. The first-order chi connectivity index (χ1) is 10.7. The van der Waals surface area contributed by atoms with Crippen molar-refractivity contribution in [3.63, 3.8) is 0 Å². The van der Waals surface area contributed by atoms with Gasteiger partial charge in [0.25, 0.3) is 0 Å². The molecule has 0 aliphatic carbocycles. The maximum Gasteiger partial charge on any atom is 0.220 e. The van der Waals surface area contributed by atoms with Crippen LogP contribution in [0.3, 0.4) is 0 Å². The first kappa shape index (κ1) is 18.1. The van der Waals surface area contributed by atoms with Crippen LogP contribution in [0, 0.1) is 0 Å². The van der Waals surface area contributed by atoms with Crippen molar-refractivity contribution in [3.05, 3.63) is 17.7 Å². The molecule has 6 heteroatoms. The highest BCUT2D eigenvalue weighted by molar-refractivity contribution is 5.76. The Morgan fingerprint density at radius 3 is 2.36 bits per heavy atom. The molecule has 1 amide bonds. The molecule has 0 radical (unpaired) electrons. The minimum absolute atomic E-state index is 0.0229. The summed E-state index contributed by atoms with van der Waals surface area (Å²) in [4.78, 5) is 11.8. The van der Waals surface area contributed by atoms with E-state index in [4.69, 9.17) is 14.2 Å². The van der Waals surface area contributed by atoms with E-state index in [1.54, 1.807) is 21.3 Å². The van der Waals surface area contributed by atoms with E-state index in [9.17, 15) is 4.79 Å². The van der Waals surface area contributed by atoms with Crippen LogP contribution in [0.1, 0.15) is 18.9 Å². The zero-order valence-electron chi connectivity index (χ0n) is 13.8. The monoisotopic (exact) mass is 310 g/mol. The summed E-state index contributed by atoms with van der Waals surface area (Å²) in [6.07, 6.45) is 0.981. The van der Waals surface area contributed by atoms with Crippen molar-refractivity contribution in [2.45, 2.75) is 19.8 Å². The van der Waals surface area contributed by atoms with Crippen molar-refractivity contribution in [1.82, 2.24) is 10.6 Å². The number of aryl methyl sites for hydroxylation is 1. The van der Waals surface area contributed by atoms with Crippen molar-refractivity contribution in [2.75, 3.05) is 41.0 Å². The zero-order valence-corrected chi connectivity index (χ0v) is 13.8. The minimum Gasteiger partial charge on any atom is -0.493 e. The summed E-state index contributed by atoms with van der Waals surface area (Å²) in [7, 11) is 4.73. The average Bonchev–Trinajstić information content (AvgIpc) is 2.55. The zero-order chi connectivity index (χ0) is 16.4. The number of carbonyl (C=O) groups excluding carboxylic acids is 1. The quantitative estimate of drug-likeness (QED) is 0.639. The van der Waals surface area contributed by atoms with Gasteiger partial charge in [0.2, 0.25) is 11.7 Å². The number of hydrogen-bond donors (Lipinski definition) is 2. The van der Waals surface area contributed by atoms with Gasteiger partial charge in [0, 0.05) is 19.5 Å². The second-order valence-electron chi connectivity index (χ2n) is 4.70. The van der Waals surface area contributed by atoms with Crippen LogP contribution in [0.15, 0.2) is 12.1 Å². The van der Waals surface area contributed by atoms with Gasteiger partial charge in [0.1, 0.15) is 0 Å². The molecule has 0 spiro atoms. The highest BCUT2D eigenvalue weighted by Crippen LogP contribution is 2.40. The van der Waals surface area contributed by atoms with Gasteiger partial charge in [-0.1, -0.05) is 13.0 Å². The van der Waals surface area contributed by atoms with Crippen LogP contribution in [0.2, 0.25) is 0 Å². The first-order valence-electron chi connectivity index (χ1n) is 7.43. The fraction of sp³-hybridized carbons (Fsp3) is 0.562. The van der Waals surface area contributed by atoms with Gasteiger partial charge in [0.05, 0.1) is 21.3 Å². The Hall–Kier alpha value is -1.95. The van der Waals surface area contributed by atoms with Gasteiger partial charge in [-0.25, -0.2) is 0 Å². The molecule has 0 bridgehead atoms. The summed E-state index contributed by atoms with van der Waals surface area (Å²) < 4.78 is 16.0. The third kappa shape index (κ3) is 5.11. The number of benzene rings is 1. The van der Waals surface area contributed by atoms with E-state index in [0.29, 0.717) is 36.6 Å². The normalized spacial score (nSPS) is 10.2. The summed E-state index contributed by atoms with van der Waals surface area (Å²) in [6.45, 7) is 4.35. The van der Waals surface area contributed by atoms with E-state index in [-0.39, 0.29) is 5.91 Å². The second-order valence-corrected chi connectivity index (χ2v) is 4.70. The third-order valence-electron chi connectivity index (χ3n) is 3.28. The van der Waals surface area contributed by atoms with E-state index in [2.05, 4.69) is 10.6 Å². The number of methoxy groups -OCH3 is 3. The van der Waals surface area contributed by atoms with Gasteiger partial charge in [0.15, 0.2) is 11.5 Å². The summed E-state index contributed by atoms with van der Waals surface area (Å²) in [5, 5.41) is 6.04. The summed E-state index contributed by atoms with van der Waals surface area (Å²) in [6, 6.07) is 3.71. The highest BCUT2D eigenvalue weighted by atomic mass is 16.5. The van der Waals surface area contributed by atoms with Gasteiger partial charge in [-0.05, 0) is 24.6 Å². The van der Waals surface area contributed by atoms with Crippen molar-refractivity contribution < 1.29 is 19.0 Å². The van der Waals surface area contributed by atoms with Gasteiger partial charge < -0.3 is 24.8 Å². The molecule has 1 rings (SSSR count). The molecule has 0 saturated carbocycles. The number of likely N-dealkylation sites (N-methyl/N-ethyl adjacent to an activating group) is 1. The van der Waals surface area contributed by atoms with Gasteiger partial charge >= 0.3 is 0 Å². The van der Waals surface area contributed by atoms with Gasteiger partial charge in [-0.2, -0.15) is 0 Å². The van der Waals surface area contributed by atoms with Crippen LogP contribution in [0.25, 0.3) is 0 Å². The molecule has 2 N–H and O–H groups in total. The summed E-state index contributed by atoms with van der Waals surface area (Å²) in [5.74, 6) is 1.80. The first-order valence-corrected chi connectivity index (χ1v) is 7.43. The van der Waals surface area contributed by atoms with Crippen molar-refractivity contribution >= 4 is 5.91 Å². The summed E-state index contributed by atoms with van der Waals surface area (Å²) >= 11 is 0. The maximum absolute atomic E-state index is 11.8. The second kappa shape index (κ2) is 9.89. The number of nitrogens with one attached hydrogen (secondary N) is 2. The number of carbonyl (C=O) groups is 1. The predicted molar refractivity (Wildman–Crippen MR) is 86.0 cm³/mol. The van der Waals surface area contributed by atoms with E-state index < -0.39 is 0 Å². The third-order valence-corrected chi connectivity index (χ3v) is 3.28. The molecule has 0 aliphatic heterocycles. The fourth-order valence-corrected chi connectivity index (χ4v) is 2.16. The highest BCUT2D eigenvalue weighted by Gasteiger charge is 2.16. The van der Waals surface area contributed by atoms with E-state index in [1.165, 1.54) is 0 Å². The number of rotatable bonds is 10. The van der Waals surface area contributed by atoms with Crippen molar-refractivity contribution in [1.29, 1.82) is 0 Å². The Bertz CT molecular complexity index is 477. The Morgan fingerprint density at radius 2 is 1.77 bits per heavy atom. The lowest BCUT2D eigenvalue weighted by Gasteiger charge is -2.15. The Labute approximate surface area is 132 Å². The van der Waals surface area contributed by atoms with Crippen LogP contribution < -0.4 is 24.8 Å². The molecular formula is C16H26N2O4. The lowest BCUT2D eigenvalue weighted by Crippen LogP contribution is -2.31. The van der Waals surface area contributed by atoms with Crippen LogP contribution in [-0.4, -0.2) is 46.9 Å². The van der Waals surface area contributed by atoms with Crippen LogP contribution in [0.4, 0.5) is 0 Å². The topological polar surface area (TPSA) is 68.8 Å². The van der Waals surface area contributed by atoms with Crippen molar-refractivity contribution in [3.8, 4) is 17.2 Å². The molecule has 0 fully saturated rings. The summed E-state index contributed by atoms with van der Waals surface area (Å²) in [5.41, 5.74) is 0.919. The van der Waals surface area contributed by atoms with Crippen LogP contribution in [0.5, 0.6) is 17.2 Å². The standard InChI is InChI=1S/C16H26N2O4/c1-5-17-10-11-18-14(19)9-7-12-6-8-13(20-2)16(22-4)15(12)21-3/h6,8,17H,5,7,9-11H2,1-4H3,(H,18,19). The Morgan fingerprint density at radius 1 is 1.05 bits per heavy atom. The SMILES string of the molecule is CCNCCNC(=O)CCc1ccc(OC)c(OC)c1OC. The molecule has 0 unspecified atom stereocenters. The molecule has 0 atom stereocenters. The van der Waals surface area contributed by atoms with Gasteiger partial charge in [-0.15, -0.1) is 0 Å². The number of ether oxygens (including phenoxy) is 3. The predicted octanol–water partition coefficient (Wildman–Crippen LogP) is 1.37. The average molecular weight is 310 g/mol. The van der Waals surface area contributed by atoms with Crippen LogP contribution >= 0.6 is 0 Å². The molecule has 0 saturated heterocycles. The van der Waals surface area contributed by atoms with E-state index >= 15 is 0 Å². The smallest absolute Gasteiger partial charge is 0.220 e. The minimum atomic E-state index is 0.0229. The van der Waals surface area contributed by atoms with Crippen molar-refractivity contribution in [2.24, 2.45) is 0 Å². The molecule has 6 nitrogen and oxygen atoms in total. The van der Waals surface area contributed by atoms with Crippen LogP contribution in [-0.2, 0) is 11.2 Å². The largest absolute Gasteiger partial charge is 0.493 e. The lowest BCUT2D eigenvalue weighted by molar-refractivity contribution is -0.121. The molecule has 1 aromatic rings. The fourth-order valence-electron chi connectivity index (χ4n) is 2.16. The molecule has 0 heterocycles. The molecular weight excluding hydrogens is 284 g/mol. The van der Waals surface area contributed by atoms with Gasteiger partial charge in [-0.3, -0.25) is 4.79 Å². The molecule has 124 valence electrons. The number of hydrogen-bond acceptors (Lipinski definition) is 5. The van der Waals surface area contributed by atoms with E-state index in [0.717, 1.165) is 18.7 Å². The number of amides is 1. The molecule has 0 aliphatic rings. The van der Waals surface area contributed by atoms with E-state index in [1.807, 2.05) is 19.1 Å². The molecule has 1 aromatic carbocycles. The Balaban J connectivity index is 2.63. The molecule has 0 aromatic heterocycles. The Kier molecular flexibility index (Phi) is 8.14. The molecule has 22 heavy (non-hydrogen) atoms. The maximum atomic E-state index is 11.8.